The molecular formula is C46H55N3O8S. The average molecular weight is 810 g/mol. The van der Waals surface area contributed by atoms with Gasteiger partial charge in [0.2, 0.25) is 27.7 Å². The molecule has 0 spiro atoms. The second kappa shape index (κ2) is 16.9. The molecule has 12 heteroatoms. The van der Waals surface area contributed by atoms with E-state index in [1.807, 2.05) is 71.6 Å². The molecule has 3 aliphatic heterocycles. The number of rotatable bonds is 9. The SMILES string of the molecule is COc1ccc2c(O[C@@H]3C[C@H]4C(=O)C[C@]5(C(=O)NS(=O)(=O)C6CC6)C[C@H]5/C=C\CCCCC[C@H](CC(=O)N5CCCCC5)C(=O)N4C3)cc(-c3ccccc3)cc2c1. The van der Waals surface area contributed by atoms with Crippen LogP contribution in [0.3, 0.4) is 0 Å². The summed E-state index contributed by atoms with van der Waals surface area (Å²) in [4.78, 5) is 60.7. The number of ketones is 1. The van der Waals surface area contributed by atoms with Crippen LogP contribution in [0.2, 0.25) is 0 Å². The van der Waals surface area contributed by atoms with Gasteiger partial charge >= 0.3 is 0 Å². The lowest BCUT2D eigenvalue weighted by Crippen LogP contribution is -2.47. The molecule has 11 nitrogen and oxygen atoms in total. The smallest absolute Gasteiger partial charge is 0.240 e. The van der Waals surface area contributed by atoms with Crippen molar-refractivity contribution in [3.05, 3.63) is 72.8 Å². The largest absolute Gasteiger partial charge is 0.497 e. The number of methoxy groups -OCH3 is 1. The molecule has 4 fully saturated rings. The molecule has 2 saturated heterocycles. The zero-order chi connectivity index (χ0) is 40.4. The number of fused-ring (bicyclic) bond motifs is 3. The van der Waals surface area contributed by atoms with Gasteiger partial charge in [0.05, 0.1) is 30.4 Å². The fraction of sp³-hybridized carbons (Fsp3) is 0.522. The minimum absolute atomic E-state index is 0.0262. The number of likely N-dealkylation sites (tertiary alicyclic amines) is 1. The quantitative estimate of drug-likeness (QED) is 0.229. The molecule has 2 aliphatic carbocycles. The number of hydrogen-bond donors (Lipinski definition) is 1. The topological polar surface area (TPSA) is 139 Å². The van der Waals surface area contributed by atoms with Gasteiger partial charge in [-0.2, -0.15) is 0 Å². The van der Waals surface area contributed by atoms with Crippen LogP contribution in [-0.2, 0) is 29.2 Å². The molecule has 58 heavy (non-hydrogen) atoms. The third kappa shape index (κ3) is 8.67. The van der Waals surface area contributed by atoms with E-state index >= 15 is 0 Å². The Kier molecular flexibility index (Phi) is 11.7. The van der Waals surface area contributed by atoms with Gasteiger partial charge in [0, 0.05) is 43.7 Å². The Labute approximate surface area is 341 Å². The number of Topliss-reactive ketones (excluding diaryl/α,β-unsaturated/α-hetero) is 1. The van der Waals surface area contributed by atoms with Gasteiger partial charge in [-0.3, -0.25) is 23.9 Å². The molecule has 5 atom stereocenters. The summed E-state index contributed by atoms with van der Waals surface area (Å²) in [5, 5.41) is 1.18. The Morgan fingerprint density at radius 1 is 0.897 bits per heavy atom. The van der Waals surface area contributed by atoms with Crippen molar-refractivity contribution < 1.29 is 37.1 Å². The van der Waals surface area contributed by atoms with Gasteiger partial charge in [0.15, 0.2) is 5.78 Å². The molecule has 0 bridgehead atoms. The first kappa shape index (κ1) is 40.1. The van der Waals surface area contributed by atoms with Gasteiger partial charge in [-0.05, 0) is 111 Å². The summed E-state index contributed by atoms with van der Waals surface area (Å²) in [7, 11) is -2.21. The van der Waals surface area contributed by atoms with E-state index in [0.717, 1.165) is 66.8 Å². The highest BCUT2D eigenvalue weighted by atomic mass is 32.2. The van der Waals surface area contributed by atoms with E-state index in [9.17, 15) is 27.6 Å². The van der Waals surface area contributed by atoms with Crippen molar-refractivity contribution in [1.82, 2.24) is 14.5 Å². The number of allylic oxidation sites excluding steroid dienone is 2. The Hall–Kier alpha value is -4.71. The van der Waals surface area contributed by atoms with Crippen molar-refractivity contribution in [3.63, 3.8) is 0 Å². The number of piperidine rings is 1. The van der Waals surface area contributed by atoms with Crippen LogP contribution in [0.5, 0.6) is 11.5 Å². The van der Waals surface area contributed by atoms with Crippen LogP contribution in [0.15, 0.2) is 72.8 Å². The van der Waals surface area contributed by atoms with E-state index in [2.05, 4.69) is 10.8 Å². The summed E-state index contributed by atoms with van der Waals surface area (Å²) in [6.07, 6.45) is 11.7. The fourth-order valence-corrected chi connectivity index (χ4v) is 10.7. The van der Waals surface area contributed by atoms with Crippen LogP contribution < -0.4 is 14.2 Å². The number of carbonyl (C=O) groups is 4. The van der Waals surface area contributed by atoms with Gasteiger partial charge in [-0.15, -0.1) is 0 Å². The van der Waals surface area contributed by atoms with Crippen LogP contribution in [-0.4, -0.2) is 85.9 Å². The number of amides is 3. The molecule has 0 radical (unpaired) electrons. The monoisotopic (exact) mass is 809 g/mol. The molecule has 2 saturated carbocycles. The summed E-state index contributed by atoms with van der Waals surface area (Å²) in [5.41, 5.74) is 0.726. The van der Waals surface area contributed by atoms with E-state index in [0.29, 0.717) is 50.3 Å². The zero-order valence-corrected chi connectivity index (χ0v) is 34.2. The molecule has 3 aromatic rings. The maximum absolute atomic E-state index is 14.9. The first-order chi connectivity index (χ1) is 28.0. The fourth-order valence-electron chi connectivity index (χ4n) is 9.32. The summed E-state index contributed by atoms with van der Waals surface area (Å²) in [6, 6.07) is 18.9. The van der Waals surface area contributed by atoms with Crippen LogP contribution >= 0.6 is 0 Å². The van der Waals surface area contributed by atoms with Crippen molar-refractivity contribution in [2.75, 3.05) is 26.7 Å². The molecule has 0 unspecified atom stereocenters. The first-order valence-corrected chi connectivity index (χ1v) is 22.8. The number of ether oxygens (including phenoxy) is 2. The Morgan fingerprint density at radius 2 is 1.67 bits per heavy atom. The molecule has 308 valence electrons. The van der Waals surface area contributed by atoms with Gasteiger partial charge in [0.25, 0.3) is 0 Å². The van der Waals surface area contributed by atoms with E-state index < -0.39 is 44.7 Å². The number of sulfonamides is 1. The van der Waals surface area contributed by atoms with E-state index in [-0.39, 0.29) is 49.3 Å². The maximum Gasteiger partial charge on any atom is 0.240 e. The highest BCUT2D eigenvalue weighted by Gasteiger charge is 2.61. The molecule has 5 aliphatic rings. The van der Waals surface area contributed by atoms with E-state index in [4.69, 9.17) is 9.47 Å². The lowest BCUT2D eigenvalue weighted by atomic mass is 9.90. The molecule has 0 aromatic heterocycles. The standard InChI is InChI=1S/C46H55N3O8S/c1-56-36-17-20-39-34(24-36)23-33(31-13-8-5-9-14-31)25-42(39)57-37-27-40-41(50)29-46(45(53)47-58(54,55)38-18-19-38)28-35(46)16-10-4-2-3-7-15-32(44(52)49(40)30-37)26-43(51)48-21-11-6-12-22-48/h5,8-10,13-14,16-17,20,23-25,32,35,37-38,40H,2-4,6-7,11-12,15,18-19,21-22,26-30H2,1H3,(H,47,53)/b16-10-/t32-,35-,37-,40+,46-/m1/s1. The van der Waals surface area contributed by atoms with Crippen molar-refractivity contribution in [2.24, 2.45) is 17.3 Å². The Balaban J connectivity index is 1.12. The first-order valence-electron chi connectivity index (χ1n) is 21.2. The maximum atomic E-state index is 14.9. The second-order valence-electron chi connectivity index (χ2n) is 17.1. The molecule has 3 amide bonds. The number of benzene rings is 3. The van der Waals surface area contributed by atoms with Crippen LogP contribution in [0, 0.1) is 17.3 Å². The minimum Gasteiger partial charge on any atom is -0.497 e. The van der Waals surface area contributed by atoms with Crippen molar-refractivity contribution in [1.29, 1.82) is 0 Å². The molecule has 3 aromatic carbocycles. The number of carbonyl (C=O) groups excluding carboxylic acids is 4. The lowest BCUT2D eigenvalue weighted by molar-refractivity contribution is -0.145. The van der Waals surface area contributed by atoms with Crippen molar-refractivity contribution in [2.45, 2.75) is 107 Å². The number of nitrogens with zero attached hydrogens (tertiary/aromatic N) is 2. The Morgan fingerprint density at radius 3 is 2.43 bits per heavy atom. The second-order valence-corrected chi connectivity index (χ2v) is 19.1. The molecular weight excluding hydrogens is 755 g/mol. The summed E-state index contributed by atoms with van der Waals surface area (Å²) < 4.78 is 40.7. The van der Waals surface area contributed by atoms with E-state index in [1.165, 1.54) is 0 Å². The summed E-state index contributed by atoms with van der Waals surface area (Å²) >= 11 is 0. The van der Waals surface area contributed by atoms with Gasteiger partial charge in [-0.1, -0.05) is 55.3 Å². The van der Waals surface area contributed by atoms with Crippen molar-refractivity contribution >= 4 is 44.3 Å². The average Bonchev–Trinajstić information content (AvgIpc) is 4.16. The van der Waals surface area contributed by atoms with Crippen molar-refractivity contribution in [3.8, 4) is 22.6 Å². The molecule has 8 rings (SSSR count). The third-order valence-corrected chi connectivity index (χ3v) is 14.8. The third-order valence-electron chi connectivity index (χ3n) is 13.0. The highest BCUT2D eigenvalue weighted by molar-refractivity contribution is 7.90. The normalized spacial score (nSPS) is 27.5. The zero-order valence-electron chi connectivity index (χ0n) is 33.4. The highest BCUT2D eigenvalue weighted by Crippen LogP contribution is 2.57. The van der Waals surface area contributed by atoms with Gasteiger partial charge in [-0.25, -0.2) is 8.42 Å². The minimum atomic E-state index is -3.84. The van der Waals surface area contributed by atoms with Gasteiger partial charge in [0.1, 0.15) is 17.6 Å². The lowest BCUT2D eigenvalue weighted by Gasteiger charge is -2.31. The predicted octanol–water partition coefficient (Wildman–Crippen LogP) is 6.98. The Bertz CT molecular complexity index is 2180. The van der Waals surface area contributed by atoms with Crippen LogP contribution in [0.25, 0.3) is 21.9 Å². The van der Waals surface area contributed by atoms with Crippen LogP contribution in [0.1, 0.15) is 89.9 Å². The predicted molar refractivity (Wildman–Crippen MR) is 221 cm³/mol. The molecule has 3 heterocycles. The van der Waals surface area contributed by atoms with Crippen LogP contribution in [0.4, 0.5) is 0 Å². The van der Waals surface area contributed by atoms with Gasteiger partial charge < -0.3 is 19.3 Å². The van der Waals surface area contributed by atoms with E-state index in [1.54, 1.807) is 12.0 Å². The summed E-state index contributed by atoms with van der Waals surface area (Å²) in [6.45, 7) is 1.52. The number of hydrogen-bond acceptors (Lipinski definition) is 8. The molecule has 1 N–H and O–H groups in total. The number of nitrogens with one attached hydrogen (secondary N) is 1. The summed E-state index contributed by atoms with van der Waals surface area (Å²) in [5.74, 6) is -0.775.